The Bertz CT molecular complexity index is 427. The molecule has 2 aromatic rings. The van der Waals surface area contributed by atoms with Gasteiger partial charge in [0.05, 0.1) is 6.61 Å². The zero-order valence-electron chi connectivity index (χ0n) is 8.77. The fraction of sp³-hybridized carbons (Fsp3) is 0.154. The van der Waals surface area contributed by atoms with Crippen molar-refractivity contribution in [2.45, 2.75) is 6.42 Å². The van der Waals surface area contributed by atoms with Gasteiger partial charge in [-0.05, 0) is 35.9 Å². The molecule has 0 radical (unpaired) electrons. The van der Waals surface area contributed by atoms with E-state index in [2.05, 4.69) is 4.98 Å². The summed E-state index contributed by atoms with van der Waals surface area (Å²) in [6, 6.07) is 9.92. The molecular weight excluding hydrogens is 205 g/mol. The Hall–Kier alpha value is -1.90. The zero-order valence-corrected chi connectivity index (χ0v) is 8.77. The monoisotopic (exact) mass is 217 g/mol. The third-order valence-corrected chi connectivity index (χ3v) is 2.20. The maximum absolute atomic E-state index is 12.6. The summed E-state index contributed by atoms with van der Waals surface area (Å²) in [5.74, 6) is 0.435. The molecule has 3 heteroatoms. The number of nitrogens with zero attached hydrogens (tertiary/aromatic N) is 1. The molecule has 0 fully saturated rings. The van der Waals surface area contributed by atoms with Gasteiger partial charge in [0.15, 0.2) is 0 Å². The Morgan fingerprint density at radius 1 is 1.12 bits per heavy atom. The summed E-state index contributed by atoms with van der Waals surface area (Å²) in [7, 11) is 0. The van der Waals surface area contributed by atoms with Gasteiger partial charge >= 0.3 is 0 Å². The molecule has 0 amide bonds. The fourth-order valence-electron chi connectivity index (χ4n) is 1.36. The smallest absolute Gasteiger partial charge is 0.123 e. The lowest BCUT2D eigenvalue weighted by atomic mass is 10.2. The number of pyridine rings is 1. The first-order valence-electron chi connectivity index (χ1n) is 5.12. The topological polar surface area (TPSA) is 22.1 Å². The lowest BCUT2D eigenvalue weighted by molar-refractivity contribution is 0.321. The van der Waals surface area contributed by atoms with Gasteiger partial charge in [-0.15, -0.1) is 0 Å². The molecule has 0 bridgehead atoms. The third kappa shape index (κ3) is 3.05. The number of halogens is 1. The van der Waals surface area contributed by atoms with E-state index in [1.165, 1.54) is 12.1 Å². The van der Waals surface area contributed by atoms with Gasteiger partial charge in [0.1, 0.15) is 11.6 Å². The van der Waals surface area contributed by atoms with Gasteiger partial charge in [0.2, 0.25) is 0 Å². The van der Waals surface area contributed by atoms with Crippen molar-refractivity contribution >= 4 is 0 Å². The minimum atomic E-state index is -0.250. The molecule has 2 rings (SSSR count). The van der Waals surface area contributed by atoms with E-state index in [1.807, 2.05) is 18.3 Å². The van der Waals surface area contributed by atoms with Crippen molar-refractivity contribution in [3.8, 4) is 5.75 Å². The van der Waals surface area contributed by atoms with E-state index in [0.717, 1.165) is 12.0 Å². The molecule has 0 unspecified atom stereocenters. The van der Waals surface area contributed by atoms with Crippen LogP contribution in [0.4, 0.5) is 4.39 Å². The third-order valence-electron chi connectivity index (χ3n) is 2.20. The molecule has 0 aliphatic carbocycles. The molecule has 0 N–H and O–H groups in total. The number of benzene rings is 1. The fourth-order valence-corrected chi connectivity index (χ4v) is 1.36. The standard InChI is InChI=1S/C13H12FNO/c14-12-3-5-13(6-4-12)16-9-7-11-2-1-8-15-10-11/h1-6,8,10H,7,9H2. The first kappa shape index (κ1) is 10.6. The Labute approximate surface area is 93.7 Å². The number of ether oxygens (including phenoxy) is 1. The van der Waals surface area contributed by atoms with Crippen LogP contribution in [0.3, 0.4) is 0 Å². The highest BCUT2D eigenvalue weighted by Gasteiger charge is 1.96. The highest BCUT2D eigenvalue weighted by atomic mass is 19.1. The average molecular weight is 217 g/mol. The Balaban J connectivity index is 1.82. The molecule has 0 atom stereocenters. The second-order valence-corrected chi connectivity index (χ2v) is 3.41. The van der Waals surface area contributed by atoms with Crippen LogP contribution in [0.1, 0.15) is 5.56 Å². The Morgan fingerprint density at radius 2 is 1.94 bits per heavy atom. The second kappa shape index (κ2) is 5.26. The first-order chi connectivity index (χ1) is 7.84. The van der Waals surface area contributed by atoms with Crippen LogP contribution in [-0.2, 0) is 6.42 Å². The normalized spacial score (nSPS) is 10.1. The van der Waals surface area contributed by atoms with Crippen molar-refractivity contribution in [3.05, 3.63) is 60.2 Å². The predicted octanol–water partition coefficient (Wildman–Crippen LogP) is 2.84. The van der Waals surface area contributed by atoms with Gasteiger partial charge in [-0.25, -0.2) is 4.39 Å². The van der Waals surface area contributed by atoms with Crippen molar-refractivity contribution in [2.75, 3.05) is 6.61 Å². The van der Waals surface area contributed by atoms with Gasteiger partial charge in [-0.3, -0.25) is 4.98 Å². The minimum Gasteiger partial charge on any atom is -0.493 e. The van der Waals surface area contributed by atoms with Crippen LogP contribution in [0, 0.1) is 5.82 Å². The molecule has 1 aromatic carbocycles. The summed E-state index contributed by atoms with van der Waals surface area (Å²) in [5.41, 5.74) is 1.13. The number of hydrogen-bond donors (Lipinski definition) is 0. The minimum absolute atomic E-state index is 0.250. The zero-order chi connectivity index (χ0) is 11.2. The predicted molar refractivity (Wildman–Crippen MR) is 59.8 cm³/mol. The Kier molecular flexibility index (Phi) is 3.49. The molecule has 0 saturated heterocycles. The molecular formula is C13H12FNO. The van der Waals surface area contributed by atoms with Crippen molar-refractivity contribution in [1.29, 1.82) is 0 Å². The van der Waals surface area contributed by atoms with Crippen LogP contribution in [0.5, 0.6) is 5.75 Å². The van der Waals surface area contributed by atoms with E-state index in [0.29, 0.717) is 12.4 Å². The van der Waals surface area contributed by atoms with Crippen molar-refractivity contribution in [1.82, 2.24) is 4.98 Å². The number of rotatable bonds is 4. The second-order valence-electron chi connectivity index (χ2n) is 3.41. The van der Waals surface area contributed by atoms with E-state index in [4.69, 9.17) is 4.74 Å². The maximum atomic E-state index is 12.6. The molecule has 2 nitrogen and oxygen atoms in total. The quantitative estimate of drug-likeness (QED) is 0.785. The molecule has 0 aliphatic heterocycles. The SMILES string of the molecule is Fc1ccc(OCCc2cccnc2)cc1. The molecule has 0 aliphatic rings. The molecule has 1 heterocycles. The lowest BCUT2D eigenvalue weighted by Crippen LogP contribution is -2.01. The summed E-state index contributed by atoms with van der Waals surface area (Å²) >= 11 is 0. The van der Waals surface area contributed by atoms with Crippen molar-refractivity contribution in [3.63, 3.8) is 0 Å². The van der Waals surface area contributed by atoms with Crippen molar-refractivity contribution in [2.24, 2.45) is 0 Å². The molecule has 1 aromatic heterocycles. The van der Waals surface area contributed by atoms with Gasteiger partial charge in [0, 0.05) is 18.8 Å². The van der Waals surface area contributed by atoms with E-state index in [9.17, 15) is 4.39 Å². The van der Waals surface area contributed by atoms with Crippen LogP contribution in [0.25, 0.3) is 0 Å². The van der Waals surface area contributed by atoms with Crippen LogP contribution in [0.15, 0.2) is 48.8 Å². The van der Waals surface area contributed by atoms with Crippen LogP contribution in [-0.4, -0.2) is 11.6 Å². The molecule has 0 saturated carbocycles. The Morgan fingerprint density at radius 3 is 2.62 bits per heavy atom. The van der Waals surface area contributed by atoms with E-state index in [-0.39, 0.29) is 5.82 Å². The highest BCUT2D eigenvalue weighted by molar-refractivity contribution is 5.22. The van der Waals surface area contributed by atoms with Crippen molar-refractivity contribution < 1.29 is 9.13 Å². The summed E-state index contributed by atoms with van der Waals surface area (Å²) in [6.07, 6.45) is 4.35. The van der Waals surface area contributed by atoms with Crippen LogP contribution < -0.4 is 4.74 Å². The van der Waals surface area contributed by atoms with Gasteiger partial charge in [-0.1, -0.05) is 6.07 Å². The number of aromatic nitrogens is 1. The lowest BCUT2D eigenvalue weighted by Gasteiger charge is -2.05. The average Bonchev–Trinajstić information content (AvgIpc) is 2.33. The summed E-state index contributed by atoms with van der Waals surface area (Å²) in [5, 5.41) is 0. The van der Waals surface area contributed by atoms with E-state index < -0.39 is 0 Å². The first-order valence-corrected chi connectivity index (χ1v) is 5.12. The maximum Gasteiger partial charge on any atom is 0.123 e. The summed E-state index contributed by atoms with van der Waals surface area (Å²) in [6.45, 7) is 0.567. The summed E-state index contributed by atoms with van der Waals surface area (Å²) in [4.78, 5) is 4.02. The largest absolute Gasteiger partial charge is 0.493 e. The molecule has 16 heavy (non-hydrogen) atoms. The molecule has 82 valence electrons. The van der Waals surface area contributed by atoms with Gasteiger partial charge in [-0.2, -0.15) is 0 Å². The van der Waals surface area contributed by atoms with Gasteiger partial charge in [0.25, 0.3) is 0 Å². The van der Waals surface area contributed by atoms with E-state index >= 15 is 0 Å². The van der Waals surface area contributed by atoms with Gasteiger partial charge < -0.3 is 4.74 Å². The van der Waals surface area contributed by atoms with Crippen LogP contribution in [0.2, 0.25) is 0 Å². The molecule has 0 spiro atoms. The summed E-state index contributed by atoms with van der Waals surface area (Å²) < 4.78 is 18.1. The highest BCUT2D eigenvalue weighted by Crippen LogP contribution is 2.11. The van der Waals surface area contributed by atoms with Crippen LogP contribution >= 0.6 is 0 Å². The van der Waals surface area contributed by atoms with E-state index in [1.54, 1.807) is 18.3 Å². The number of hydrogen-bond acceptors (Lipinski definition) is 2.